The molecule has 0 aliphatic carbocycles. The summed E-state index contributed by atoms with van der Waals surface area (Å²) in [5.41, 5.74) is 2.33. The van der Waals surface area contributed by atoms with Gasteiger partial charge in [0, 0.05) is 18.3 Å². The number of pyridine rings is 1. The molecule has 4 N–H and O–H groups in total. The first-order valence-corrected chi connectivity index (χ1v) is 7.46. The molecule has 0 aliphatic heterocycles. The molecular weight excluding hydrogens is 252 g/mol. The van der Waals surface area contributed by atoms with Crippen LogP contribution in [0.1, 0.15) is 33.1 Å². The zero-order valence-corrected chi connectivity index (χ0v) is 11.5. The quantitative estimate of drug-likeness (QED) is 0.512. The van der Waals surface area contributed by atoms with Gasteiger partial charge >= 0.3 is 0 Å². The van der Waals surface area contributed by atoms with Gasteiger partial charge in [0.25, 0.3) is 0 Å². The Bertz CT molecular complexity index is 476. The van der Waals surface area contributed by atoms with Crippen LogP contribution < -0.4 is 16.0 Å². The number of nitrogen functional groups attached to an aromatic ring is 1. The lowest BCUT2D eigenvalue weighted by Gasteiger charge is -2.16. The molecule has 1 aromatic rings. The molecule has 1 atom stereocenters. The number of sulfonamides is 1. The minimum atomic E-state index is -3.51. The molecule has 0 aromatic carbocycles. The summed E-state index contributed by atoms with van der Waals surface area (Å²) in [5, 5.41) is 0. The van der Waals surface area contributed by atoms with Crippen molar-refractivity contribution < 1.29 is 8.42 Å². The summed E-state index contributed by atoms with van der Waals surface area (Å²) in [6.45, 7) is 3.99. The standard InChI is InChI=1S/C11H20N4O2S/c1-3-5-9(4-2)15-18(16,17)10-6-7-13-11(8-10)14-12/h6-9,15H,3-5,12H2,1-2H3,(H,13,14). The van der Waals surface area contributed by atoms with E-state index in [-0.39, 0.29) is 10.9 Å². The second-order valence-electron chi connectivity index (χ2n) is 4.04. The van der Waals surface area contributed by atoms with E-state index in [9.17, 15) is 8.42 Å². The fourth-order valence-electron chi connectivity index (χ4n) is 1.64. The first-order chi connectivity index (χ1) is 8.53. The Kier molecular flexibility index (Phi) is 5.52. The monoisotopic (exact) mass is 272 g/mol. The van der Waals surface area contributed by atoms with Crippen molar-refractivity contribution in [3.8, 4) is 0 Å². The highest BCUT2D eigenvalue weighted by Gasteiger charge is 2.18. The molecule has 1 heterocycles. The van der Waals surface area contributed by atoms with Crippen LogP contribution in [0.15, 0.2) is 23.2 Å². The lowest BCUT2D eigenvalue weighted by Crippen LogP contribution is -2.34. The average Bonchev–Trinajstić information content (AvgIpc) is 2.38. The number of nitrogens with zero attached hydrogens (tertiary/aromatic N) is 1. The van der Waals surface area contributed by atoms with Gasteiger partial charge in [-0.2, -0.15) is 0 Å². The van der Waals surface area contributed by atoms with Crippen LogP contribution in [0.3, 0.4) is 0 Å². The maximum atomic E-state index is 12.1. The Hall–Kier alpha value is -1.18. The average molecular weight is 272 g/mol. The molecule has 1 aromatic heterocycles. The molecular formula is C11H20N4O2S. The minimum absolute atomic E-state index is 0.0394. The molecule has 1 unspecified atom stereocenters. The van der Waals surface area contributed by atoms with Gasteiger partial charge in [-0.05, 0) is 18.9 Å². The number of aromatic nitrogens is 1. The van der Waals surface area contributed by atoms with Crippen molar-refractivity contribution in [1.29, 1.82) is 0 Å². The predicted octanol–water partition coefficient (Wildman–Crippen LogP) is 1.22. The van der Waals surface area contributed by atoms with E-state index in [0.717, 1.165) is 19.3 Å². The second kappa shape index (κ2) is 6.67. The summed E-state index contributed by atoms with van der Waals surface area (Å²) in [7, 11) is -3.51. The largest absolute Gasteiger partial charge is 0.308 e. The van der Waals surface area contributed by atoms with Crippen LogP contribution in [0, 0.1) is 0 Å². The second-order valence-corrected chi connectivity index (χ2v) is 5.75. The van der Waals surface area contributed by atoms with Gasteiger partial charge in [-0.25, -0.2) is 24.0 Å². The molecule has 7 heteroatoms. The van der Waals surface area contributed by atoms with Crippen molar-refractivity contribution in [2.24, 2.45) is 5.84 Å². The molecule has 0 aliphatic rings. The van der Waals surface area contributed by atoms with Gasteiger partial charge in [0.05, 0.1) is 4.90 Å². The number of anilines is 1. The lowest BCUT2D eigenvalue weighted by molar-refractivity contribution is 0.512. The molecule has 0 bridgehead atoms. The highest BCUT2D eigenvalue weighted by atomic mass is 32.2. The van der Waals surface area contributed by atoms with Crippen LogP contribution >= 0.6 is 0 Å². The smallest absolute Gasteiger partial charge is 0.241 e. The van der Waals surface area contributed by atoms with E-state index >= 15 is 0 Å². The summed E-state index contributed by atoms with van der Waals surface area (Å²) < 4.78 is 27.0. The van der Waals surface area contributed by atoms with E-state index in [1.165, 1.54) is 18.3 Å². The van der Waals surface area contributed by atoms with Crippen LogP contribution in [0.4, 0.5) is 5.82 Å². The van der Waals surface area contributed by atoms with Crippen LogP contribution in [-0.4, -0.2) is 19.4 Å². The van der Waals surface area contributed by atoms with Gasteiger partial charge in [0.15, 0.2) is 0 Å². The Morgan fingerprint density at radius 1 is 1.44 bits per heavy atom. The number of hydrazine groups is 1. The molecule has 18 heavy (non-hydrogen) atoms. The van der Waals surface area contributed by atoms with Crippen LogP contribution in [0.5, 0.6) is 0 Å². The van der Waals surface area contributed by atoms with Gasteiger partial charge in [0.2, 0.25) is 10.0 Å². The topological polar surface area (TPSA) is 97.1 Å². The number of nitrogens with one attached hydrogen (secondary N) is 2. The number of hydrogen-bond donors (Lipinski definition) is 3. The minimum Gasteiger partial charge on any atom is -0.308 e. The van der Waals surface area contributed by atoms with E-state index in [0.29, 0.717) is 5.82 Å². The maximum absolute atomic E-state index is 12.1. The van der Waals surface area contributed by atoms with E-state index < -0.39 is 10.0 Å². The third kappa shape index (κ3) is 3.94. The molecule has 6 nitrogen and oxygen atoms in total. The van der Waals surface area contributed by atoms with Crippen molar-refractivity contribution in [2.45, 2.75) is 44.0 Å². The van der Waals surface area contributed by atoms with E-state index in [4.69, 9.17) is 5.84 Å². The summed E-state index contributed by atoms with van der Waals surface area (Å²) in [4.78, 5) is 4.05. The van der Waals surface area contributed by atoms with Crippen molar-refractivity contribution in [3.63, 3.8) is 0 Å². The molecule has 0 spiro atoms. The third-order valence-corrected chi connectivity index (χ3v) is 4.16. The number of hydrogen-bond acceptors (Lipinski definition) is 5. The lowest BCUT2D eigenvalue weighted by atomic mass is 10.1. The third-order valence-electron chi connectivity index (χ3n) is 2.64. The normalized spacial score (nSPS) is 13.3. The maximum Gasteiger partial charge on any atom is 0.241 e. The highest BCUT2D eigenvalue weighted by Crippen LogP contribution is 2.14. The van der Waals surface area contributed by atoms with Crippen LogP contribution in [-0.2, 0) is 10.0 Å². The van der Waals surface area contributed by atoms with Crippen molar-refractivity contribution >= 4 is 15.8 Å². The molecule has 102 valence electrons. The number of rotatable bonds is 7. The Morgan fingerprint density at radius 2 is 2.17 bits per heavy atom. The predicted molar refractivity (Wildman–Crippen MR) is 71.4 cm³/mol. The van der Waals surface area contributed by atoms with Crippen molar-refractivity contribution in [1.82, 2.24) is 9.71 Å². The van der Waals surface area contributed by atoms with E-state index in [1.807, 2.05) is 13.8 Å². The SMILES string of the molecule is CCCC(CC)NS(=O)(=O)c1ccnc(NN)c1. The molecule has 0 saturated heterocycles. The Morgan fingerprint density at radius 3 is 2.72 bits per heavy atom. The van der Waals surface area contributed by atoms with Crippen molar-refractivity contribution in [2.75, 3.05) is 5.43 Å². The van der Waals surface area contributed by atoms with Gasteiger partial charge in [0.1, 0.15) is 5.82 Å². The summed E-state index contributed by atoms with van der Waals surface area (Å²) in [5.74, 6) is 5.53. The van der Waals surface area contributed by atoms with E-state index in [2.05, 4.69) is 15.1 Å². The fraction of sp³-hybridized carbons (Fsp3) is 0.545. The van der Waals surface area contributed by atoms with Gasteiger partial charge in [-0.15, -0.1) is 0 Å². The fourth-order valence-corrected chi connectivity index (χ4v) is 3.01. The summed E-state index contributed by atoms with van der Waals surface area (Å²) in [6.07, 6.45) is 3.93. The Balaban J connectivity index is 2.91. The summed E-state index contributed by atoms with van der Waals surface area (Å²) in [6, 6.07) is 2.81. The van der Waals surface area contributed by atoms with Crippen LogP contribution in [0.25, 0.3) is 0 Å². The van der Waals surface area contributed by atoms with Gasteiger partial charge < -0.3 is 5.43 Å². The zero-order chi connectivity index (χ0) is 13.6. The van der Waals surface area contributed by atoms with Gasteiger partial charge in [-0.3, -0.25) is 0 Å². The molecule has 0 fully saturated rings. The molecule has 1 rings (SSSR count). The molecule has 0 radical (unpaired) electrons. The zero-order valence-electron chi connectivity index (χ0n) is 10.7. The molecule has 0 saturated carbocycles. The number of nitrogens with two attached hydrogens (primary N) is 1. The van der Waals surface area contributed by atoms with Crippen molar-refractivity contribution in [3.05, 3.63) is 18.3 Å². The first kappa shape index (κ1) is 14.9. The first-order valence-electron chi connectivity index (χ1n) is 5.98. The van der Waals surface area contributed by atoms with Gasteiger partial charge in [-0.1, -0.05) is 20.3 Å². The summed E-state index contributed by atoms with van der Waals surface area (Å²) >= 11 is 0. The highest BCUT2D eigenvalue weighted by molar-refractivity contribution is 7.89. The molecule has 0 amide bonds. The van der Waals surface area contributed by atoms with Crippen LogP contribution in [0.2, 0.25) is 0 Å². The Labute approximate surface area is 108 Å². The van der Waals surface area contributed by atoms with E-state index in [1.54, 1.807) is 0 Å².